The topological polar surface area (TPSA) is 12.0 Å². The average molecular weight is 202 g/mol. The lowest BCUT2D eigenvalue weighted by molar-refractivity contribution is -0.258. The van der Waals surface area contributed by atoms with Crippen LogP contribution >= 0.6 is 12.4 Å². The first-order valence-corrected chi connectivity index (χ1v) is 3.84. The molecule has 0 spiro atoms. The van der Waals surface area contributed by atoms with Crippen molar-refractivity contribution in [3.8, 4) is 0 Å². The highest BCUT2D eigenvalue weighted by Crippen LogP contribution is 2.58. The maximum atomic E-state index is 12.4. The Morgan fingerprint density at radius 3 is 2.25 bits per heavy atom. The quantitative estimate of drug-likeness (QED) is 0.632. The SMILES string of the molecule is Cl.FC(F)(F)[C@]12CC[C@H]1CNC2. The highest BCUT2D eigenvalue weighted by atomic mass is 35.5. The van der Waals surface area contributed by atoms with Gasteiger partial charge in [-0.3, -0.25) is 0 Å². The molecule has 1 saturated carbocycles. The van der Waals surface area contributed by atoms with E-state index in [1.807, 2.05) is 0 Å². The van der Waals surface area contributed by atoms with Crippen LogP contribution in [0.2, 0.25) is 0 Å². The van der Waals surface area contributed by atoms with Gasteiger partial charge in [0.15, 0.2) is 0 Å². The molecule has 1 aliphatic carbocycles. The third-order valence-electron chi connectivity index (χ3n) is 3.12. The fourth-order valence-electron chi connectivity index (χ4n) is 2.17. The van der Waals surface area contributed by atoms with E-state index in [1.54, 1.807) is 0 Å². The van der Waals surface area contributed by atoms with Crippen LogP contribution in [-0.4, -0.2) is 19.3 Å². The zero-order chi connectivity index (χ0) is 8.11. The lowest BCUT2D eigenvalue weighted by Crippen LogP contribution is -2.51. The Kier molecular flexibility index (Phi) is 2.34. The van der Waals surface area contributed by atoms with Gasteiger partial charge in [0, 0.05) is 6.54 Å². The van der Waals surface area contributed by atoms with Crippen molar-refractivity contribution in [1.29, 1.82) is 0 Å². The molecule has 0 bridgehead atoms. The number of hydrogen-bond donors (Lipinski definition) is 1. The second-order valence-corrected chi connectivity index (χ2v) is 3.52. The van der Waals surface area contributed by atoms with Gasteiger partial charge in [0.05, 0.1) is 5.41 Å². The molecule has 2 atom stereocenters. The third-order valence-corrected chi connectivity index (χ3v) is 3.12. The number of halogens is 4. The molecule has 72 valence electrons. The molecule has 2 fully saturated rings. The van der Waals surface area contributed by atoms with Gasteiger partial charge in [-0.25, -0.2) is 0 Å². The summed E-state index contributed by atoms with van der Waals surface area (Å²) < 4.78 is 37.2. The lowest BCUT2D eigenvalue weighted by atomic mass is 9.61. The highest BCUT2D eigenvalue weighted by Gasteiger charge is 2.65. The summed E-state index contributed by atoms with van der Waals surface area (Å²) in [7, 11) is 0. The van der Waals surface area contributed by atoms with Crippen molar-refractivity contribution in [3.63, 3.8) is 0 Å². The monoisotopic (exact) mass is 201 g/mol. The van der Waals surface area contributed by atoms with Gasteiger partial charge in [-0.15, -0.1) is 12.4 Å². The molecule has 2 rings (SSSR count). The van der Waals surface area contributed by atoms with E-state index in [9.17, 15) is 13.2 Å². The van der Waals surface area contributed by atoms with Crippen molar-refractivity contribution in [2.45, 2.75) is 19.0 Å². The number of nitrogens with one attached hydrogen (secondary N) is 1. The summed E-state index contributed by atoms with van der Waals surface area (Å²) in [5, 5.41) is 2.81. The second kappa shape index (κ2) is 2.77. The van der Waals surface area contributed by atoms with Gasteiger partial charge >= 0.3 is 6.18 Å². The molecular weight excluding hydrogens is 191 g/mol. The maximum Gasteiger partial charge on any atom is 0.396 e. The fraction of sp³-hybridized carbons (Fsp3) is 1.00. The minimum absolute atomic E-state index is 0. The molecule has 0 aromatic heterocycles. The van der Waals surface area contributed by atoms with Gasteiger partial charge in [-0.1, -0.05) is 0 Å². The van der Waals surface area contributed by atoms with Gasteiger partial charge in [0.2, 0.25) is 0 Å². The van der Waals surface area contributed by atoms with Crippen molar-refractivity contribution in [2.24, 2.45) is 11.3 Å². The first-order valence-electron chi connectivity index (χ1n) is 3.84. The summed E-state index contributed by atoms with van der Waals surface area (Å²) in [6, 6.07) is 0. The molecule has 0 aromatic carbocycles. The molecule has 1 saturated heterocycles. The van der Waals surface area contributed by atoms with Gasteiger partial charge in [-0.2, -0.15) is 13.2 Å². The molecule has 12 heavy (non-hydrogen) atoms. The molecule has 1 heterocycles. The number of hydrogen-bond acceptors (Lipinski definition) is 1. The molecular formula is C7H11ClF3N. The number of alkyl halides is 3. The van der Waals surface area contributed by atoms with E-state index >= 15 is 0 Å². The van der Waals surface area contributed by atoms with E-state index in [4.69, 9.17) is 0 Å². The summed E-state index contributed by atoms with van der Waals surface area (Å²) in [5.74, 6) is -0.137. The highest BCUT2D eigenvalue weighted by molar-refractivity contribution is 5.85. The fourth-order valence-corrected chi connectivity index (χ4v) is 2.17. The van der Waals surface area contributed by atoms with Crippen molar-refractivity contribution in [2.75, 3.05) is 13.1 Å². The molecule has 1 aliphatic heterocycles. The summed E-state index contributed by atoms with van der Waals surface area (Å²) in [6.07, 6.45) is -2.92. The molecule has 0 unspecified atom stereocenters. The number of fused-ring (bicyclic) bond motifs is 1. The van der Waals surface area contributed by atoms with Crippen LogP contribution in [0.4, 0.5) is 13.2 Å². The van der Waals surface area contributed by atoms with Crippen LogP contribution in [0.25, 0.3) is 0 Å². The van der Waals surface area contributed by atoms with E-state index in [2.05, 4.69) is 5.32 Å². The molecule has 1 N–H and O–H groups in total. The van der Waals surface area contributed by atoms with Crippen molar-refractivity contribution in [3.05, 3.63) is 0 Å². The van der Waals surface area contributed by atoms with Crippen molar-refractivity contribution >= 4 is 12.4 Å². The first kappa shape index (κ1) is 10.1. The van der Waals surface area contributed by atoms with Crippen LogP contribution in [0.3, 0.4) is 0 Å². The first-order chi connectivity index (χ1) is 5.06. The molecule has 1 nitrogen and oxygen atoms in total. The second-order valence-electron chi connectivity index (χ2n) is 3.52. The Morgan fingerprint density at radius 1 is 1.33 bits per heavy atom. The minimum atomic E-state index is -3.99. The van der Waals surface area contributed by atoms with Crippen LogP contribution in [0.5, 0.6) is 0 Å². The minimum Gasteiger partial charge on any atom is -0.316 e. The van der Waals surface area contributed by atoms with Gasteiger partial charge in [0.25, 0.3) is 0 Å². The lowest BCUT2D eigenvalue weighted by Gasteiger charge is -2.45. The largest absolute Gasteiger partial charge is 0.396 e. The maximum absolute atomic E-state index is 12.4. The normalized spacial score (nSPS) is 39.8. The summed E-state index contributed by atoms with van der Waals surface area (Å²) in [5.41, 5.74) is -1.34. The zero-order valence-corrected chi connectivity index (χ0v) is 7.26. The molecule has 0 radical (unpaired) electrons. The van der Waals surface area contributed by atoms with E-state index in [1.165, 1.54) is 0 Å². The Balaban J connectivity index is 0.000000720. The van der Waals surface area contributed by atoms with Crippen molar-refractivity contribution in [1.82, 2.24) is 5.32 Å². The van der Waals surface area contributed by atoms with Crippen LogP contribution in [0, 0.1) is 11.3 Å². The number of rotatable bonds is 0. The zero-order valence-electron chi connectivity index (χ0n) is 6.45. The third kappa shape index (κ3) is 1.04. The van der Waals surface area contributed by atoms with Gasteiger partial charge in [0.1, 0.15) is 0 Å². The standard InChI is InChI=1S/C7H10F3N.ClH/c8-7(9,10)6-2-1-5(6)3-11-4-6;/h5,11H,1-4H2;1H/t5-,6-;/m0./s1. The van der Waals surface area contributed by atoms with E-state index in [0.717, 1.165) is 6.42 Å². The van der Waals surface area contributed by atoms with E-state index in [-0.39, 0.29) is 24.9 Å². The summed E-state index contributed by atoms with van der Waals surface area (Å²) in [4.78, 5) is 0. The van der Waals surface area contributed by atoms with Crippen LogP contribution in [-0.2, 0) is 0 Å². The van der Waals surface area contributed by atoms with Crippen LogP contribution in [0.15, 0.2) is 0 Å². The van der Waals surface area contributed by atoms with Gasteiger partial charge < -0.3 is 5.32 Å². The van der Waals surface area contributed by atoms with Crippen molar-refractivity contribution < 1.29 is 13.2 Å². The molecule has 2 aliphatic rings. The summed E-state index contributed by atoms with van der Waals surface area (Å²) >= 11 is 0. The smallest absolute Gasteiger partial charge is 0.316 e. The predicted octanol–water partition coefficient (Wildman–Crippen LogP) is 1.97. The Hall–Kier alpha value is 0.0400. The Morgan fingerprint density at radius 2 is 2.00 bits per heavy atom. The van der Waals surface area contributed by atoms with Gasteiger partial charge in [-0.05, 0) is 25.3 Å². The average Bonchev–Trinajstić information content (AvgIpc) is 2.06. The van der Waals surface area contributed by atoms with Crippen LogP contribution in [0.1, 0.15) is 12.8 Å². The van der Waals surface area contributed by atoms with E-state index in [0.29, 0.717) is 13.0 Å². The summed E-state index contributed by atoms with van der Waals surface area (Å²) in [6.45, 7) is 0.695. The predicted molar refractivity (Wildman–Crippen MR) is 41.3 cm³/mol. The van der Waals surface area contributed by atoms with Crippen LogP contribution < -0.4 is 5.32 Å². The Labute approximate surface area is 75.1 Å². The van der Waals surface area contributed by atoms with E-state index < -0.39 is 11.6 Å². The molecule has 0 amide bonds. The Bertz CT molecular complexity index is 182. The molecule has 5 heteroatoms. The molecule has 0 aromatic rings.